The number of rotatable bonds is 6. The molecule has 0 spiro atoms. The van der Waals surface area contributed by atoms with Gasteiger partial charge in [0.15, 0.2) is 0 Å². The molecule has 5 heteroatoms. The molecule has 0 aliphatic heterocycles. The maximum absolute atomic E-state index is 6.26. The number of halogens is 1. The zero-order valence-electron chi connectivity index (χ0n) is 12.1. The molecule has 0 amide bonds. The summed E-state index contributed by atoms with van der Waals surface area (Å²) < 4.78 is 7.29. The second kappa shape index (κ2) is 6.77. The Morgan fingerprint density at radius 2 is 2.00 bits per heavy atom. The molecule has 0 fully saturated rings. The summed E-state index contributed by atoms with van der Waals surface area (Å²) in [7, 11) is 1.90. The summed E-state index contributed by atoms with van der Waals surface area (Å²) >= 11 is 6.26. The number of aryl methyl sites for hydroxylation is 1. The van der Waals surface area contributed by atoms with Gasteiger partial charge in [0.05, 0.1) is 29.6 Å². The minimum absolute atomic E-state index is 0.0238. The first-order chi connectivity index (χ1) is 9.67. The van der Waals surface area contributed by atoms with Gasteiger partial charge < -0.3 is 10.1 Å². The van der Waals surface area contributed by atoms with Gasteiger partial charge in [0.2, 0.25) is 0 Å². The number of ether oxygens (including phenoxy) is 1. The quantitative estimate of drug-likeness (QED) is 0.889. The van der Waals surface area contributed by atoms with Gasteiger partial charge in [0, 0.05) is 7.05 Å². The van der Waals surface area contributed by atoms with E-state index in [9.17, 15) is 0 Å². The highest BCUT2D eigenvalue weighted by Gasteiger charge is 2.20. The normalized spacial score (nSPS) is 12.4. The molecule has 0 saturated heterocycles. The van der Waals surface area contributed by atoms with E-state index in [4.69, 9.17) is 16.3 Å². The number of hydrogen-bond acceptors (Lipinski definition) is 3. The van der Waals surface area contributed by atoms with Crippen LogP contribution in [0.1, 0.15) is 31.1 Å². The van der Waals surface area contributed by atoms with Crippen molar-refractivity contribution in [2.24, 2.45) is 7.05 Å². The van der Waals surface area contributed by atoms with Gasteiger partial charge in [-0.1, -0.05) is 30.7 Å². The van der Waals surface area contributed by atoms with Crippen LogP contribution in [0.3, 0.4) is 0 Å². The predicted molar refractivity (Wildman–Crippen MR) is 81.3 cm³/mol. The molecular weight excluding hydrogens is 274 g/mol. The van der Waals surface area contributed by atoms with E-state index in [1.165, 1.54) is 0 Å². The van der Waals surface area contributed by atoms with Crippen LogP contribution in [0, 0.1) is 0 Å². The molecule has 1 atom stereocenters. The standard InChI is InChI=1S/C15H20ClN3O/c1-4-17-14(15-13(16)10-18-19(15)3)11-6-8-12(9-7-11)20-5-2/h6-10,14,17H,4-5H2,1-3H3. The van der Waals surface area contributed by atoms with Gasteiger partial charge in [-0.25, -0.2) is 0 Å². The Balaban J connectivity index is 2.33. The topological polar surface area (TPSA) is 39.1 Å². The summed E-state index contributed by atoms with van der Waals surface area (Å²) in [6.45, 7) is 5.57. The molecule has 0 bridgehead atoms. The van der Waals surface area contributed by atoms with Gasteiger partial charge in [0.25, 0.3) is 0 Å². The first kappa shape index (κ1) is 14.9. The third-order valence-corrected chi connectivity index (χ3v) is 3.43. The Labute approximate surface area is 124 Å². The number of aromatic nitrogens is 2. The van der Waals surface area contributed by atoms with Crippen LogP contribution >= 0.6 is 11.6 Å². The highest BCUT2D eigenvalue weighted by atomic mass is 35.5. The molecule has 0 aliphatic carbocycles. The van der Waals surface area contributed by atoms with Gasteiger partial charge in [-0.05, 0) is 31.2 Å². The Bertz CT molecular complexity index is 531. The van der Waals surface area contributed by atoms with Crippen molar-refractivity contribution in [3.63, 3.8) is 0 Å². The summed E-state index contributed by atoms with van der Waals surface area (Å²) in [4.78, 5) is 0. The van der Waals surface area contributed by atoms with Crippen LogP contribution in [0.4, 0.5) is 0 Å². The van der Waals surface area contributed by atoms with E-state index in [0.29, 0.717) is 11.6 Å². The number of hydrogen-bond donors (Lipinski definition) is 1. The zero-order valence-corrected chi connectivity index (χ0v) is 12.8. The summed E-state index contributed by atoms with van der Waals surface area (Å²) in [5.74, 6) is 0.877. The van der Waals surface area contributed by atoms with Crippen molar-refractivity contribution in [2.75, 3.05) is 13.2 Å². The van der Waals surface area contributed by atoms with E-state index in [1.54, 1.807) is 6.20 Å². The van der Waals surface area contributed by atoms with Crippen LogP contribution in [0.15, 0.2) is 30.5 Å². The van der Waals surface area contributed by atoms with Crippen LogP contribution < -0.4 is 10.1 Å². The average Bonchev–Trinajstić information content (AvgIpc) is 2.77. The van der Waals surface area contributed by atoms with E-state index < -0.39 is 0 Å². The second-order valence-corrected chi connectivity index (χ2v) is 4.90. The molecule has 1 unspecified atom stereocenters. The SMILES string of the molecule is CCNC(c1ccc(OCC)cc1)c1c(Cl)cnn1C. The molecule has 20 heavy (non-hydrogen) atoms. The number of benzene rings is 1. The van der Waals surface area contributed by atoms with E-state index in [1.807, 2.05) is 30.8 Å². The fourth-order valence-corrected chi connectivity index (χ4v) is 2.52. The fourth-order valence-electron chi connectivity index (χ4n) is 2.24. The maximum atomic E-state index is 6.26. The Kier molecular flexibility index (Phi) is 5.04. The second-order valence-electron chi connectivity index (χ2n) is 4.49. The smallest absolute Gasteiger partial charge is 0.119 e. The summed E-state index contributed by atoms with van der Waals surface area (Å²) in [5, 5.41) is 8.33. The average molecular weight is 294 g/mol. The number of nitrogens with zero attached hydrogens (tertiary/aromatic N) is 2. The molecule has 2 rings (SSSR count). The first-order valence-electron chi connectivity index (χ1n) is 6.80. The minimum Gasteiger partial charge on any atom is -0.494 e. The third kappa shape index (κ3) is 3.14. The van der Waals surface area contributed by atoms with Crippen molar-refractivity contribution in [2.45, 2.75) is 19.9 Å². The van der Waals surface area contributed by atoms with Crippen molar-refractivity contribution in [1.29, 1.82) is 0 Å². The van der Waals surface area contributed by atoms with Crippen LogP contribution in [-0.2, 0) is 7.05 Å². The highest BCUT2D eigenvalue weighted by Crippen LogP contribution is 2.28. The van der Waals surface area contributed by atoms with E-state index in [-0.39, 0.29) is 6.04 Å². The van der Waals surface area contributed by atoms with Crippen LogP contribution in [0.2, 0.25) is 5.02 Å². The Morgan fingerprint density at radius 1 is 1.30 bits per heavy atom. The molecule has 1 aromatic carbocycles. The van der Waals surface area contributed by atoms with Crippen molar-refractivity contribution in [3.8, 4) is 5.75 Å². The van der Waals surface area contributed by atoms with Gasteiger partial charge in [-0.3, -0.25) is 4.68 Å². The molecule has 0 saturated carbocycles. The van der Waals surface area contributed by atoms with Crippen LogP contribution in [-0.4, -0.2) is 22.9 Å². The van der Waals surface area contributed by atoms with Crippen molar-refractivity contribution >= 4 is 11.6 Å². The largest absolute Gasteiger partial charge is 0.494 e. The molecule has 2 aromatic rings. The van der Waals surface area contributed by atoms with Crippen LogP contribution in [0.25, 0.3) is 0 Å². The molecule has 0 radical (unpaired) electrons. The monoisotopic (exact) mass is 293 g/mol. The van der Waals surface area contributed by atoms with Gasteiger partial charge in [0.1, 0.15) is 5.75 Å². The first-order valence-corrected chi connectivity index (χ1v) is 7.18. The maximum Gasteiger partial charge on any atom is 0.119 e. The molecular formula is C15H20ClN3O. The minimum atomic E-state index is 0.0238. The molecule has 1 heterocycles. The number of nitrogens with one attached hydrogen (secondary N) is 1. The van der Waals surface area contributed by atoms with Gasteiger partial charge in [-0.2, -0.15) is 5.10 Å². The Morgan fingerprint density at radius 3 is 2.50 bits per heavy atom. The third-order valence-electron chi connectivity index (χ3n) is 3.14. The van der Waals surface area contributed by atoms with E-state index in [2.05, 4.69) is 29.5 Å². The lowest BCUT2D eigenvalue weighted by Crippen LogP contribution is -2.24. The molecule has 1 aromatic heterocycles. The molecule has 1 N–H and O–H groups in total. The molecule has 4 nitrogen and oxygen atoms in total. The van der Waals surface area contributed by atoms with E-state index in [0.717, 1.165) is 23.6 Å². The highest BCUT2D eigenvalue weighted by molar-refractivity contribution is 6.31. The van der Waals surface area contributed by atoms with Crippen molar-refractivity contribution in [3.05, 3.63) is 46.7 Å². The fraction of sp³-hybridized carbons (Fsp3) is 0.400. The van der Waals surface area contributed by atoms with Gasteiger partial charge in [-0.15, -0.1) is 0 Å². The Hall–Kier alpha value is -1.52. The molecule has 0 aliphatic rings. The molecule has 108 valence electrons. The predicted octanol–water partition coefficient (Wildman–Crippen LogP) is 3.17. The summed E-state index contributed by atoms with van der Waals surface area (Å²) in [6.07, 6.45) is 1.68. The lowest BCUT2D eigenvalue weighted by molar-refractivity contribution is 0.340. The summed E-state index contributed by atoms with van der Waals surface area (Å²) in [6, 6.07) is 8.10. The summed E-state index contributed by atoms with van der Waals surface area (Å²) in [5.41, 5.74) is 2.11. The van der Waals surface area contributed by atoms with Gasteiger partial charge >= 0.3 is 0 Å². The lowest BCUT2D eigenvalue weighted by Gasteiger charge is -2.19. The van der Waals surface area contributed by atoms with Crippen LogP contribution in [0.5, 0.6) is 5.75 Å². The van der Waals surface area contributed by atoms with Crippen molar-refractivity contribution in [1.82, 2.24) is 15.1 Å². The van der Waals surface area contributed by atoms with E-state index >= 15 is 0 Å². The lowest BCUT2D eigenvalue weighted by atomic mass is 10.0. The zero-order chi connectivity index (χ0) is 14.5. The van der Waals surface area contributed by atoms with Crippen molar-refractivity contribution < 1.29 is 4.74 Å².